The number of hydrogen-bond acceptors (Lipinski definition) is 4. The number of sulfonamides is 1. The summed E-state index contributed by atoms with van der Waals surface area (Å²) < 4.78 is 28.7. The second-order valence-corrected chi connectivity index (χ2v) is 10.1. The minimum atomic E-state index is -3.98. The van der Waals surface area contributed by atoms with E-state index in [1.54, 1.807) is 29.2 Å². The first-order chi connectivity index (χ1) is 16.4. The molecule has 1 saturated heterocycles. The number of carbonyl (C=O) groups is 1. The van der Waals surface area contributed by atoms with Crippen LogP contribution < -0.4 is 10.4 Å². The molecule has 0 saturated carbocycles. The number of aromatic amines is 2. The van der Waals surface area contributed by atoms with E-state index in [0.717, 1.165) is 12.8 Å². The fourth-order valence-electron chi connectivity index (χ4n) is 4.45. The maximum atomic E-state index is 13.3. The van der Waals surface area contributed by atoms with Crippen molar-refractivity contribution >= 4 is 32.7 Å². The molecule has 9 heteroatoms. The van der Waals surface area contributed by atoms with Gasteiger partial charge in [0.15, 0.2) is 0 Å². The molecule has 4 aromatic rings. The Balaban J connectivity index is 1.35. The number of aromatic nitrogens is 2. The normalized spacial score (nSPS) is 14.9. The van der Waals surface area contributed by atoms with Gasteiger partial charge in [-0.05, 0) is 54.7 Å². The summed E-state index contributed by atoms with van der Waals surface area (Å²) in [6.45, 7) is 1.22. The molecular weight excluding hydrogens is 452 g/mol. The van der Waals surface area contributed by atoms with Gasteiger partial charge in [-0.2, -0.15) is 0 Å². The lowest BCUT2D eigenvalue weighted by Crippen LogP contribution is -2.38. The van der Waals surface area contributed by atoms with Gasteiger partial charge in [-0.15, -0.1) is 0 Å². The van der Waals surface area contributed by atoms with Crippen molar-refractivity contribution in [1.82, 2.24) is 14.9 Å². The Morgan fingerprint density at radius 2 is 1.56 bits per heavy atom. The van der Waals surface area contributed by atoms with E-state index in [-0.39, 0.29) is 16.5 Å². The van der Waals surface area contributed by atoms with Gasteiger partial charge in [0.1, 0.15) is 0 Å². The lowest BCUT2D eigenvalue weighted by atomic mass is 9.89. The van der Waals surface area contributed by atoms with Gasteiger partial charge in [0, 0.05) is 13.1 Å². The number of nitrogens with one attached hydrogen (secondary N) is 3. The maximum Gasteiger partial charge on any atom is 0.323 e. The van der Waals surface area contributed by atoms with Crippen molar-refractivity contribution in [3.63, 3.8) is 0 Å². The predicted molar refractivity (Wildman–Crippen MR) is 130 cm³/mol. The number of carbonyl (C=O) groups excluding carboxylic acids is 1. The molecule has 0 aliphatic carbocycles. The summed E-state index contributed by atoms with van der Waals surface area (Å²) in [4.78, 5) is 31.7. The highest BCUT2D eigenvalue weighted by Gasteiger charge is 2.27. The van der Waals surface area contributed by atoms with Crippen molar-refractivity contribution in [2.45, 2.75) is 23.7 Å². The molecule has 0 atom stereocenters. The zero-order valence-electron chi connectivity index (χ0n) is 18.3. The molecule has 0 bridgehead atoms. The number of likely N-dealkylation sites (tertiary alicyclic amines) is 1. The number of H-pyrrole nitrogens is 2. The van der Waals surface area contributed by atoms with Gasteiger partial charge in [-0.3, -0.25) is 9.52 Å². The number of para-hydroxylation sites is 1. The Hall–Kier alpha value is -3.85. The monoisotopic (exact) mass is 476 g/mol. The van der Waals surface area contributed by atoms with Crippen LogP contribution in [0.5, 0.6) is 0 Å². The van der Waals surface area contributed by atoms with E-state index in [2.05, 4.69) is 26.8 Å². The van der Waals surface area contributed by atoms with E-state index in [0.29, 0.717) is 35.6 Å². The third kappa shape index (κ3) is 4.34. The predicted octanol–water partition coefficient (Wildman–Crippen LogP) is 3.68. The van der Waals surface area contributed by atoms with Crippen molar-refractivity contribution in [2.24, 2.45) is 0 Å². The quantitative estimate of drug-likeness (QED) is 0.408. The standard InChI is InChI=1S/C25H24N4O4S/c30-24(29-14-12-18(13-15-29)17-6-2-1-3-7-17)20-8-4-5-9-21(20)28-34(32,33)19-10-11-22-23(16-19)27-25(31)26-22/h1-11,16,18,28H,12-15H2,(H2,26,27,31). The van der Waals surface area contributed by atoms with Crippen LogP contribution >= 0.6 is 0 Å². The molecule has 3 N–H and O–H groups in total. The van der Waals surface area contributed by atoms with Gasteiger partial charge in [0.05, 0.1) is 27.2 Å². The summed E-state index contributed by atoms with van der Waals surface area (Å²) in [5.74, 6) is 0.212. The Bertz CT molecular complexity index is 1500. The van der Waals surface area contributed by atoms with Crippen LogP contribution in [0.25, 0.3) is 11.0 Å². The smallest absolute Gasteiger partial charge is 0.323 e. The maximum absolute atomic E-state index is 13.3. The first-order valence-corrected chi connectivity index (χ1v) is 12.6. The fraction of sp³-hybridized carbons (Fsp3) is 0.200. The molecule has 1 aliphatic rings. The number of anilines is 1. The summed E-state index contributed by atoms with van der Waals surface area (Å²) in [7, 11) is -3.98. The average Bonchev–Trinajstić information content (AvgIpc) is 3.24. The van der Waals surface area contributed by atoms with Gasteiger partial charge in [0.2, 0.25) is 0 Å². The zero-order chi connectivity index (χ0) is 23.7. The second kappa shape index (κ2) is 8.83. The molecule has 0 spiro atoms. The summed E-state index contributed by atoms with van der Waals surface area (Å²) in [5.41, 5.74) is 2.30. The van der Waals surface area contributed by atoms with Crippen LogP contribution in [0.2, 0.25) is 0 Å². The molecule has 0 unspecified atom stereocenters. The molecule has 5 rings (SSSR count). The summed E-state index contributed by atoms with van der Waals surface area (Å²) in [6.07, 6.45) is 1.72. The minimum absolute atomic E-state index is 0.0128. The molecule has 1 aromatic heterocycles. The van der Waals surface area contributed by atoms with Crippen molar-refractivity contribution in [2.75, 3.05) is 17.8 Å². The van der Waals surface area contributed by atoms with Crippen LogP contribution in [0.1, 0.15) is 34.7 Å². The Kier molecular flexibility index (Phi) is 5.70. The topological polar surface area (TPSA) is 115 Å². The molecule has 1 amide bonds. The van der Waals surface area contributed by atoms with E-state index >= 15 is 0 Å². The first kappa shape index (κ1) is 22.0. The number of hydrogen-bond donors (Lipinski definition) is 3. The van der Waals surface area contributed by atoms with Crippen molar-refractivity contribution in [3.8, 4) is 0 Å². The molecule has 174 valence electrons. The van der Waals surface area contributed by atoms with Crippen LogP contribution in [0.4, 0.5) is 5.69 Å². The number of benzene rings is 3. The van der Waals surface area contributed by atoms with E-state index in [4.69, 9.17) is 0 Å². The van der Waals surface area contributed by atoms with Crippen molar-refractivity contribution in [1.29, 1.82) is 0 Å². The van der Waals surface area contributed by atoms with Gasteiger partial charge in [-0.25, -0.2) is 13.2 Å². The summed E-state index contributed by atoms with van der Waals surface area (Å²) in [6, 6.07) is 21.2. The molecule has 1 fully saturated rings. The van der Waals surface area contributed by atoms with Gasteiger partial charge < -0.3 is 14.9 Å². The highest BCUT2D eigenvalue weighted by atomic mass is 32.2. The van der Waals surface area contributed by atoms with E-state index in [9.17, 15) is 18.0 Å². The fourth-order valence-corrected chi connectivity index (χ4v) is 5.56. The van der Waals surface area contributed by atoms with Gasteiger partial charge in [-0.1, -0.05) is 42.5 Å². The molecular formula is C25H24N4O4S. The van der Waals surface area contributed by atoms with E-state index in [1.165, 1.54) is 23.8 Å². The zero-order valence-corrected chi connectivity index (χ0v) is 19.1. The Labute approximate surface area is 196 Å². The molecule has 0 radical (unpaired) electrons. The van der Waals surface area contributed by atoms with E-state index < -0.39 is 15.7 Å². The third-order valence-electron chi connectivity index (χ3n) is 6.25. The first-order valence-electron chi connectivity index (χ1n) is 11.1. The number of piperidine rings is 1. The summed E-state index contributed by atoms with van der Waals surface area (Å²) in [5, 5.41) is 0. The number of amides is 1. The number of fused-ring (bicyclic) bond motifs is 1. The highest BCUT2D eigenvalue weighted by molar-refractivity contribution is 7.92. The van der Waals surface area contributed by atoms with Crippen LogP contribution in [-0.2, 0) is 10.0 Å². The average molecular weight is 477 g/mol. The highest BCUT2D eigenvalue weighted by Crippen LogP contribution is 2.30. The molecule has 8 nitrogen and oxygen atoms in total. The Morgan fingerprint density at radius 1 is 0.882 bits per heavy atom. The van der Waals surface area contributed by atoms with Crippen LogP contribution in [0.3, 0.4) is 0 Å². The third-order valence-corrected chi connectivity index (χ3v) is 7.62. The lowest BCUT2D eigenvalue weighted by molar-refractivity contribution is 0.0714. The van der Waals surface area contributed by atoms with Gasteiger partial charge >= 0.3 is 5.69 Å². The van der Waals surface area contributed by atoms with Gasteiger partial charge in [0.25, 0.3) is 15.9 Å². The molecule has 34 heavy (non-hydrogen) atoms. The van der Waals surface area contributed by atoms with Crippen LogP contribution in [0.15, 0.2) is 82.5 Å². The van der Waals surface area contributed by atoms with Crippen LogP contribution in [0, 0.1) is 0 Å². The second-order valence-electron chi connectivity index (χ2n) is 8.41. The lowest BCUT2D eigenvalue weighted by Gasteiger charge is -2.32. The van der Waals surface area contributed by atoms with Crippen LogP contribution in [-0.4, -0.2) is 42.3 Å². The minimum Gasteiger partial charge on any atom is -0.339 e. The molecule has 1 aliphatic heterocycles. The molecule has 2 heterocycles. The van der Waals surface area contributed by atoms with E-state index in [1.807, 2.05) is 18.2 Å². The van der Waals surface area contributed by atoms with Crippen molar-refractivity contribution in [3.05, 3.63) is 94.4 Å². The Morgan fingerprint density at radius 3 is 2.32 bits per heavy atom. The number of rotatable bonds is 5. The SMILES string of the molecule is O=C(c1ccccc1NS(=O)(=O)c1ccc2[nH]c(=O)[nH]c2c1)N1CCC(c2ccccc2)CC1. The largest absolute Gasteiger partial charge is 0.339 e. The summed E-state index contributed by atoms with van der Waals surface area (Å²) >= 11 is 0. The number of nitrogens with zero attached hydrogens (tertiary/aromatic N) is 1. The number of imidazole rings is 1. The molecule has 3 aromatic carbocycles. The van der Waals surface area contributed by atoms with Crippen molar-refractivity contribution < 1.29 is 13.2 Å².